The molecule has 0 aromatic carbocycles. The Bertz CT molecular complexity index is 947. The highest BCUT2D eigenvalue weighted by Gasteiger charge is 2.31. The first-order valence-electron chi connectivity index (χ1n) is 10.5. The third kappa shape index (κ3) is 4.80. The molecule has 2 N–H and O–H groups in total. The second kappa shape index (κ2) is 8.71. The van der Waals surface area contributed by atoms with E-state index in [-0.39, 0.29) is 23.4 Å². The summed E-state index contributed by atoms with van der Waals surface area (Å²) in [6, 6.07) is 2.15. The minimum absolute atomic E-state index is 0.107. The summed E-state index contributed by atoms with van der Waals surface area (Å²) in [7, 11) is 0. The van der Waals surface area contributed by atoms with Gasteiger partial charge in [0, 0.05) is 36.4 Å². The fourth-order valence-electron chi connectivity index (χ4n) is 3.60. The van der Waals surface area contributed by atoms with Gasteiger partial charge in [-0.25, -0.2) is 9.97 Å². The van der Waals surface area contributed by atoms with Crippen LogP contribution in [0.4, 0.5) is 5.82 Å². The summed E-state index contributed by atoms with van der Waals surface area (Å²) in [6.45, 7) is 13.4. The zero-order chi connectivity index (χ0) is 22.1. The SMILES string of the molecule is CCNC(=O)c1nc(C(=O)N2CCC[C@@H]2C)c(-c2cnc(NC(C)(C)C)cc2C)s1. The Morgan fingerprint density at radius 2 is 2.07 bits per heavy atom. The molecule has 0 bridgehead atoms. The Balaban J connectivity index is 2.04. The molecule has 3 rings (SSSR count). The highest BCUT2D eigenvalue weighted by Crippen LogP contribution is 2.35. The van der Waals surface area contributed by atoms with Crippen molar-refractivity contribution in [3.63, 3.8) is 0 Å². The largest absolute Gasteiger partial charge is 0.365 e. The standard InChI is InChI=1S/C22H31N5O2S/c1-7-23-19(28)20-25-17(21(29)27-10-8-9-14(27)3)18(30-20)15-12-24-16(11-13(15)2)26-22(4,5)6/h11-12,14H,7-10H2,1-6H3,(H,23,28)(H,24,26)/t14-/m0/s1. The predicted octanol–water partition coefficient (Wildman–Crippen LogP) is 4.10. The number of hydrogen-bond acceptors (Lipinski definition) is 6. The number of aryl methyl sites for hydroxylation is 1. The van der Waals surface area contributed by atoms with E-state index in [0.29, 0.717) is 22.1 Å². The number of aromatic nitrogens is 2. The number of amides is 2. The summed E-state index contributed by atoms with van der Waals surface area (Å²) in [5.74, 6) is 0.408. The molecule has 1 aliphatic rings. The summed E-state index contributed by atoms with van der Waals surface area (Å²) in [4.78, 5) is 37.3. The number of thiazole rings is 1. The van der Waals surface area contributed by atoms with E-state index < -0.39 is 0 Å². The number of likely N-dealkylation sites (tertiary alicyclic amines) is 1. The van der Waals surface area contributed by atoms with Crippen LogP contribution in [0.15, 0.2) is 12.3 Å². The fraction of sp³-hybridized carbons (Fsp3) is 0.545. The maximum Gasteiger partial charge on any atom is 0.280 e. The number of pyridine rings is 1. The van der Waals surface area contributed by atoms with E-state index >= 15 is 0 Å². The molecule has 0 saturated carbocycles. The minimum atomic E-state index is -0.256. The first-order valence-corrected chi connectivity index (χ1v) is 11.3. The van der Waals surface area contributed by atoms with E-state index in [1.165, 1.54) is 11.3 Å². The Labute approximate surface area is 182 Å². The molecule has 0 aliphatic carbocycles. The number of nitrogens with zero attached hydrogens (tertiary/aromatic N) is 3. The number of hydrogen-bond donors (Lipinski definition) is 2. The van der Waals surface area contributed by atoms with Crippen LogP contribution < -0.4 is 10.6 Å². The van der Waals surface area contributed by atoms with Crippen molar-refractivity contribution in [3.05, 3.63) is 28.5 Å². The smallest absolute Gasteiger partial charge is 0.280 e. The van der Waals surface area contributed by atoms with Crippen molar-refractivity contribution in [1.29, 1.82) is 0 Å². The van der Waals surface area contributed by atoms with Crippen LogP contribution in [-0.2, 0) is 0 Å². The first kappa shape index (κ1) is 22.2. The lowest BCUT2D eigenvalue weighted by molar-refractivity contribution is 0.0743. The molecule has 2 aromatic heterocycles. The Morgan fingerprint density at radius 1 is 1.33 bits per heavy atom. The van der Waals surface area contributed by atoms with Crippen molar-refractivity contribution >= 4 is 29.0 Å². The van der Waals surface area contributed by atoms with Gasteiger partial charge in [-0.2, -0.15) is 0 Å². The van der Waals surface area contributed by atoms with E-state index in [1.807, 2.05) is 24.8 Å². The molecule has 8 heteroatoms. The highest BCUT2D eigenvalue weighted by molar-refractivity contribution is 7.17. The van der Waals surface area contributed by atoms with Gasteiger partial charge in [-0.3, -0.25) is 9.59 Å². The maximum absolute atomic E-state index is 13.3. The Morgan fingerprint density at radius 3 is 2.63 bits per heavy atom. The molecule has 30 heavy (non-hydrogen) atoms. The molecule has 1 saturated heterocycles. The summed E-state index contributed by atoms with van der Waals surface area (Å²) in [5.41, 5.74) is 2.05. The monoisotopic (exact) mass is 429 g/mol. The zero-order valence-electron chi connectivity index (χ0n) is 18.6. The molecular formula is C22H31N5O2S. The van der Waals surface area contributed by atoms with Crippen LogP contribution in [0.3, 0.4) is 0 Å². The summed E-state index contributed by atoms with van der Waals surface area (Å²) in [5, 5.41) is 6.45. The molecule has 1 fully saturated rings. The topological polar surface area (TPSA) is 87.2 Å². The maximum atomic E-state index is 13.3. The molecule has 0 unspecified atom stereocenters. The van der Waals surface area contributed by atoms with E-state index in [1.54, 1.807) is 6.20 Å². The molecule has 1 aliphatic heterocycles. The van der Waals surface area contributed by atoms with Crippen LogP contribution in [0, 0.1) is 6.92 Å². The van der Waals surface area contributed by atoms with Crippen LogP contribution in [-0.4, -0.2) is 51.4 Å². The average Bonchev–Trinajstić information content (AvgIpc) is 3.27. The number of carbonyl (C=O) groups excluding carboxylic acids is 2. The lowest BCUT2D eigenvalue weighted by Crippen LogP contribution is -2.34. The minimum Gasteiger partial charge on any atom is -0.365 e. The van der Waals surface area contributed by atoms with Gasteiger partial charge in [-0.1, -0.05) is 0 Å². The molecule has 2 amide bonds. The van der Waals surface area contributed by atoms with Crippen molar-refractivity contribution in [1.82, 2.24) is 20.2 Å². The Kier molecular flexibility index (Phi) is 6.45. The van der Waals surface area contributed by atoms with Gasteiger partial charge in [0.25, 0.3) is 11.8 Å². The fourth-order valence-corrected chi connectivity index (χ4v) is 4.65. The van der Waals surface area contributed by atoms with Gasteiger partial charge in [0.15, 0.2) is 5.01 Å². The molecule has 7 nitrogen and oxygen atoms in total. The van der Waals surface area contributed by atoms with Crippen molar-refractivity contribution in [2.24, 2.45) is 0 Å². The number of rotatable bonds is 5. The van der Waals surface area contributed by atoms with Crippen molar-refractivity contribution < 1.29 is 9.59 Å². The third-order valence-corrected chi connectivity index (χ3v) is 6.12. The van der Waals surface area contributed by atoms with E-state index in [0.717, 1.165) is 36.3 Å². The van der Waals surface area contributed by atoms with Crippen LogP contribution >= 0.6 is 11.3 Å². The second-order valence-corrected chi connectivity index (χ2v) is 9.80. The summed E-state index contributed by atoms with van der Waals surface area (Å²) < 4.78 is 0. The van der Waals surface area contributed by atoms with Gasteiger partial charge >= 0.3 is 0 Å². The highest BCUT2D eigenvalue weighted by atomic mass is 32.1. The van der Waals surface area contributed by atoms with Crippen molar-refractivity contribution in [2.75, 3.05) is 18.4 Å². The van der Waals surface area contributed by atoms with Crippen molar-refractivity contribution in [3.8, 4) is 10.4 Å². The van der Waals surface area contributed by atoms with Gasteiger partial charge < -0.3 is 15.5 Å². The van der Waals surface area contributed by atoms with Crippen molar-refractivity contribution in [2.45, 2.75) is 66.0 Å². The van der Waals surface area contributed by atoms with Crippen LogP contribution in [0.25, 0.3) is 10.4 Å². The normalized spacial score (nSPS) is 16.6. The van der Waals surface area contributed by atoms with E-state index in [9.17, 15) is 9.59 Å². The molecule has 2 aromatic rings. The van der Waals surface area contributed by atoms with Gasteiger partial charge in [-0.05, 0) is 66.0 Å². The molecule has 162 valence electrons. The van der Waals surface area contributed by atoms with E-state index in [2.05, 4.69) is 48.3 Å². The lowest BCUT2D eigenvalue weighted by atomic mass is 10.1. The third-order valence-electron chi connectivity index (χ3n) is 5.03. The zero-order valence-corrected chi connectivity index (χ0v) is 19.4. The lowest BCUT2D eigenvalue weighted by Gasteiger charge is -2.22. The van der Waals surface area contributed by atoms with Gasteiger partial charge in [0.2, 0.25) is 0 Å². The van der Waals surface area contributed by atoms with Crippen LogP contribution in [0.2, 0.25) is 0 Å². The molecular weight excluding hydrogens is 398 g/mol. The molecule has 0 spiro atoms. The quantitative estimate of drug-likeness (QED) is 0.747. The van der Waals surface area contributed by atoms with E-state index in [4.69, 9.17) is 0 Å². The predicted molar refractivity (Wildman–Crippen MR) is 121 cm³/mol. The average molecular weight is 430 g/mol. The first-order chi connectivity index (χ1) is 14.1. The second-order valence-electron chi connectivity index (χ2n) is 8.81. The number of anilines is 1. The summed E-state index contributed by atoms with van der Waals surface area (Å²) >= 11 is 1.25. The molecule has 0 radical (unpaired) electrons. The molecule has 3 heterocycles. The number of nitrogens with one attached hydrogen (secondary N) is 2. The van der Waals surface area contributed by atoms with Gasteiger partial charge in [0.1, 0.15) is 11.5 Å². The van der Waals surface area contributed by atoms with Gasteiger partial charge in [-0.15, -0.1) is 11.3 Å². The molecule has 1 atom stereocenters. The van der Waals surface area contributed by atoms with Crippen LogP contribution in [0.5, 0.6) is 0 Å². The van der Waals surface area contributed by atoms with Gasteiger partial charge in [0.05, 0.1) is 4.88 Å². The Hall–Kier alpha value is -2.48. The van der Waals surface area contributed by atoms with Crippen LogP contribution in [0.1, 0.15) is 73.3 Å². The number of carbonyl (C=O) groups is 2. The summed E-state index contributed by atoms with van der Waals surface area (Å²) in [6.07, 6.45) is 3.74.